The minimum Gasteiger partial charge on any atom is -0.456 e. The van der Waals surface area contributed by atoms with Gasteiger partial charge in [0.05, 0.1) is 5.52 Å². The van der Waals surface area contributed by atoms with Gasteiger partial charge in [-0.3, -0.25) is 0 Å². The van der Waals surface area contributed by atoms with E-state index < -0.39 is 0 Å². The van der Waals surface area contributed by atoms with Crippen LogP contribution in [0.3, 0.4) is 0 Å². The number of rotatable bonds is 4. The SMILES string of the molecule is c1ccc(-c2cccc3c2[nH]c2ccccc23)c(-c2cc(-c3ccc4oc5ccccc5c4c3)cc(-c3ccc4oc5ccccc5c4c3)c2)c1. The lowest BCUT2D eigenvalue weighted by Crippen LogP contribution is -1.90. The molecule has 0 unspecified atom stereocenters. The molecule has 11 aromatic rings. The van der Waals surface area contributed by atoms with Crippen LogP contribution >= 0.6 is 0 Å². The summed E-state index contributed by atoms with van der Waals surface area (Å²) in [6.07, 6.45) is 0. The van der Waals surface area contributed by atoms with Crippen LogP contribution in [0.15, 0.2) is 179 Å². The molecule has 0 amide bonds. The third-order valence-corrected chi connectivity index (χ3v) is 10.4. The molecule has 0 aliphatic rings. The smallest absolute Gasteiger partial charge is 0.135 e. The van der Waals surface area contributed by atoms with E-state index in [1.165, 1.54) is 27.5 Å². The van der Waals surface area contributed by atoms with Crippen LogP contribution in [-0.2, 0) is 0 Å². The van der Waals surface area contributed by atoms with E-state index in [4.69, 9.17) is 8.83 Å². The molecule has 0 spiro atoms. The number of hydrogen-bond acceptors (Lipinski definition) is 2. The predicted octanol–water partition coefficient (Wildman–Crippen LogP) is 13.8. The summed E-state index contributed by atoms with van der Waals surface area (Å²) in [5.74, 6) is 0. The van der Waals surface area contributed by atoms with E-state index in [1.54, 1.807) is 0 Å². The number of aromatic nitrogens is 1. The highest BCUT2D eigenvalue weighted by atomic mass is 16.3. The molecule has 51 heavy (non-hydrogen) atoms. The number of hydrogen-bond donors (Lipinski definition) is 1. The van der Waals surface area contributed by atoms with Crippen molar-refractivity contribution < 1.29 is 8.83 Å². The van der Waals surface area contributed by atoms with Gasteiger partial charge in [0.2, 0.25) is 0 Å². The molecule has 0 radical (unpaired) electrons. The Morgan fingerprint density at radius 1 is 0.294 bits per heavy atom. The summed E-state index contributed by atoms with van der Waals surface area (Å²) in [5, 5.41) is 6.95. The van der Waals surface area contributed by atoms with Gasteiger partial charge < -0.3 is 13.8 Å². The van der Waals surface area contributed by atoms with Gasteiger partial charge in [-0.2, -0.15) is 0 Å². The molecule has 1 N–H and O–H groups in total. The first kappa shape index (κ1) is 28.0. The standard InChI is InChI=1S/C48H29NO2/c1-2-11-35(39-15-9-16-40-36-12-3-6-17-43(36)49-48(39)40)34(10-1)33-25-31(29-20-22-46-41(27-29)37-13-4-7-18-44(37)50-46)24-32(26-33)30-21-23-47-42(28-30)38-14-5-8-19-45(38)51-47/h1-28,49H. The molecule has 8 aromatic carbocycles. The van der Waals surface area contributed by atoms with Crippen molar-refractivity contribution in [2.45, 2.75) is 0 Å². The van der Waals surface area contributed by atoms with Crippen molar-refractivity contribution in [1.82, 2.24) is 4.98 Å². The summed E-state index contributed by atoms with van der Waals surface area (Å²) in [5.41, 5.74) is 15.2. The van der Waals surface area contributed by atoms with Gasteiger partial charge in [-0.05, 0) is 99.6 Å². The van der Waals surface area contributed by atoms with Gasteiger partial charge >= 0.3 is 0 Å². The second kappa shape index (κ2) is 10.8. The highest BCUT2D eigenvalue weighted by molar-refractivity contribution is 6.13. The van der Waals surface area contributed by atoms with E-state index in [2.05, 4.69) is 151 Å². The number of furan rings is 2. The third kappa shape index (κ3) is 4.38. The summed E-state index contributed by atoms with van der Waals surface area (Å²) >= 11 is 0. The fraction of sp³-hybridized carbons (Fsp3) is 0. The Hall–Kier alpha value is -6.84. The van der Waals surface area contributed by atoms with Gasteiger partial charge in [0.15, 0.2) is 0 Å². The monoisotopic (exact) mass is 651 g/mol. The lowest BCUT2D eigenvalue weighted by molar-refractivity contribution is 0.668. The quantitative estimate of drug-likeness (QED) is 0.206. The number of benzene rings is 8. The lowest BCUT2D eigenvalue weighted by atomic mass is 9.89. The van der Waals surface area contributed by atoms with Crippen molar-refractivity contribution in [1.29, 1.82) is 0 Å². The minimum absolute atomic E-state index is 0.894. The van der Waals surface area contributed by atoms with Gasteiger partial charge in [0.25, 0.3) is 0 Å². The van der Waals surface area contributed by atoms with Crippen molar-refractivity contribution in [2.75, 3.05) is 0 Å². The number of aromatic amines is 1. The molecule has 0 saturated carbocycles. The van der Waals surface area contributed by atoms with Crippen LogP contribution in [0.2, 0.25) is 0 Å². The largest absolute Gasteiger partial charge is 0.456 e. The maximum Gasteiger partial charge on any atom is 0.135 e. The van der Waals surface area contributed by atoms with Gasteiger partial charge in [-0.1, -0.05) is 109 Å². The number of fused-ring (bicyclic) bond motifs is 9. The van der Waals surface area contributed by atoms with Crippen molar-refractivity contribution in [3.8, 4) is 44.5 Å². The number of H-pyrrole nitrogens is 1. The normalized spacial score (nSPS) is 11.9. The highest BCUT2D eigenvalue weighted by Gasteiger charge is 2.17. The Kier molecular flexibility index (Phi) is 5.96. The van der Waals surface area contributed by atoms with E-state index in [-0.39, 0.29) is 0 Å². The van der Waals surface area contributed by atoms with Gasteiger partial charge in [-0.25, -0.2) is 0 Å². The van der Waals surface area contributed by atoms with Gasteiger partial charge in [0.1, 0.15) is 22.3 Å². The van der Waals surface area contributed by atoms with Crippen LogP contribution < -0.4 is 0 Å². The molecule has 3 heterocycles. The fourth-order valence-electron chi connectivity index (χ4n) is 7.99. The van der Waals surface area contributed by atoms with E-state index in [1.807, 2.05) is 24.3 Å². The summed E-state index contributed by atoms with van der Waals surface area (Å²) in [6.45, 7) is 0. The Morgan fingerprint density at radius 3 is 1.45 bits per heavy atom. The fourth-order valence-corrected chi connectivity index (χ4v) is 7.99. The average molecular weight is 652 g/mol. The van der Waals surface area contributed by atoms with Crippen molar-refractivity contribution in [3.05, 3.63) is 170 Å². The second-order valence-corrected chi connectivity index (χ2v) is 13.4. The van der Waals surface area contributed by atoms with Crippen LogP contribution in [0.5, 0.6) is 0 Å². The molecule has 11 rings (SSSR count). The Morgan fingerprint density at radius 2 is 0.784 bits per heavy atom. The zero-order valence-corrected chi connectivity index (χ0v) is 27.5. The van der Waals surface area contributed by atoms with Gasteiger partial charge in [0, 0.05) is 43.4 Å². The second-order valence-electron chi connectivity index (χ2n) is 13.4. The molecule has 0 saturated heterocycles. The zero-order chi connectivity index (χ0) is 33.5. The molecule has 238 valence electrons. The summed E-state index contributed by atoms with van der Waals surface area (Å²) in [7, 11) is 0. The first-order valence-electron chi connectivity index (χ1n) is 17.3. The van der Waals surface area contributed by atoms with E-state index >= 15 is 0 Å². The van der Waals surface area contributed by atoms with E-state index in [0.717, 1.165) is 82.7 Å². The molecule has 0 fully saturated rings. The van der Waals surface area contributed by atoms with E-state index in [0.29, 0.717) is 0 Å². The molecule has 0 bridgehead atoms. The Bertz CT molecular complexity index is 3020. The topological polar surface area (TPSA) is 42.1 Å². The zero-order valence-electron chi connectivity index (χ0n) is 27.5. The van der Waals surface area contributed by atoms with Gasteiger partial charge in [-0.15, -0.1) is 0 Å². The number of para-hydroxylation sites is 4. The maximum absolute atomic E-state index is 6.21. The first-order valence-corrected chi connectivity index (χ1v) is 17.3. The van der Waals surface area contributed by atoms with E-state index in [9.17, 15) is 0 Å². The summed E-state index contributed by atoms with van der Waals surface area (Å²) < 4.78 is 12.4. The highest BCUT2D eigenvalue weighted by Crippen LogP contribution is 2.42. The molecular formula is C48H29NO2. The molecule has 0 aliphatic heterocycles. The molecule has 3 heteroatoms. The van der Waals surface area contributed by atoms with Crippen molar-refractivity contribution >= 4 is 65.7 Å². The third-order valence-electron chi connectivity index (χ3n) is 10.4. The van der Waals surface area contributed by atoms with Crippen LogP contribution in [0.4, 0.5) is 0 Å². The van der Waals surface area contributed by atoms with Crippen LogP contribution in [0, 0.1) is 0 Å². The molecule has 0 atom stereocenters. The molecule has 3 aromatic heterocycles. The summed E-state index contributed by atoms with van der Waals surface area (Å²) in [6, 6.07) is 60.6. The Balaban J connectivity index is 1.16. The molecular weight excluding hydrogens is 623 g/mol. The number of nitrogens with one attached hydrogen (secondary N) is 1. The minimum atomic E-state index is 0.894. The first-order chi connectivity index (χ1) is 25.2. The molecule has 0 aliphatic carbocycles. The molecule has 3 nitrogen and oxygen atoms in total. The van der Waals surface area contributed by atoms with Crippen LogP contribution in [0.25, 0.3) is 110 Å². The summed E-state index contributed by atoms with van der Waals surface area (Å²) in [4.78, 5) is 3.74. The van der Waals surface area contributed by atoms with Crippen molar-refractivity contribution in [3.63, 3.8) is 0 Å². The van der Waals surface area contributed by atoms with Crippen LogP contribution in [0.1, 0.15) is 0 Å². The van der Waals surface area contributed by atoms with Crippen molar-refractivity contribution in [2.24, 2.45) is 0 Å². The Labute approximate surface area is 293 Å². The lowest BCUT2D eigenvalue weighted by Gasteiger charge is -2.15. The average Bonchev–Trinajstić information content (AvgIpc) is 3.88. The predicted molar refractivity (Wildman–Crippen MR) is 212 cm³/mol. The van der Waals surface area contributed by atoms with Crippen LogP contribution in [-0.4, -0.2) is 4.98 Å². The maximum atomic E-state index is 6.21.